The molecule has 0 amide bonds. The maximum absolute atomic E-state index is 2.99. The molecule has 0 heterocycles. The van der Waals surface area contributed by atoms with Crippen LogP contribution in [0.4, 0.5) is 0 Å². The van der Waals surface area contributed by atoms with Gasteiger partial charge in [-0.15, -0.1) is 6.42 Å². The van der Waals surface area contributed by atoms with Gasteiger partial charge in [0.05, 0.1) is 0 Å². The largest absolute Gasteiger partial charge is 2.00 e. The van der Waals surface area contributed by atoms with Crippen molar-refractivity contribution in [2.24, 2.45) is 0 Å². The molecule has 0 nitrogen and oxygen atoms in total. The molecule has 4 heteroatoms. The van der Waals surface area contributed by atoms with Crippen molar-refractivity contribution in [1.82, 2.24) is 0 Å². The molecular weight excluding hydrogens is 231 g/mol. The van der Waals surface area contributed by atoms with Crippen LogP contribution in [0.25, 0.3) is 0 Å². The molecule has 1 aliphatic carbocycles. The van der Waals surface area contributed by atoms with E-state index in [9.17, 15) is 0 Å². The van der Waals surface area contributed by atoms with Gasteiger partial charge in [-0.25, -0.2) is 12.2 Å². The van der Waals surface area contributed by atoms with Crippen LogP contribution in [0.2, 0.25) is 0 Å². The van der Waals surface area contributed by atoms with Crippen molar-refractivity contribution >= 4 is 11.0 Å². The van der Waals surface area contributed by atoms with Gasteiger partial charge in [0.25, 0.3) is 0 Å². The summed E-state index contributed by atoms with van der Waals surface area (Å²) in [5.74, 6) is 0. The molecule has 0 aliphatic heterocycles. The molecule has 0 fully saturated rings. The third-order valence-corrected chi connectivity index (χ3v) is 0.586. The molecule has 0 saturated carbocycles. The Labute approximate surface area is 103 Å². The molecule has 0 unspecified atom stereocenters. The zero-order chi connectivity index (χ0) is 3.54. The molecule has 0 aromatic carbocycles. The summed E-state index contributed by atoms with van der Waals surface area (Å²) in [5, 5.41) is 0. The molecule has 0 atom stereocenters. The van der Waals surface area contributed by atoms with E-state index in [1.165, 1.54) is 0 Å². The van der Waals surface area contributed by atoms with Crippen molar-refractivity contribution in [1.29, 1.82) is 0 Å². The first kappa shape index (κ1) is 40.4. The summed E-state index contributed by atoms with van der Waals surface area (Å²) in [6.07, 6.45) is 10.0. The second-order valence-electron chi connectivity index (χ2n) is 1.00. The van der Waals surface area contributed by atoms with Crippen LogP contribution in [-0.4, -0.2) is 11.0 Å². The molecule has 0 aromatic rings. The van der Waals surface area contributed by atoms with E-state index in [2.05, 4.69) is 12.2 Å². The van der Waals surface area contributed by atoms with Crippen LogP contribution >= 0.6 is 0 Å². The fraction of sp³-hybridized carbons (Fsp3) is 0.143. The molecule has 11 heavy (non-hydrogen) atoms. The molecule has 0 aromatic heterocycles. The quantitative estimate of drug-likeness (QED) is 0.296. The van der Waals surface area contributed by atoms with E-state index in [1.807, 2.05) is 12.2 Å². The summed E-state index contributed by atoms with van der Waals surface area (Å²) in [5.41, 5.74) is 0. The molecule has 0 radical (unpaired) electrons. The average Bonchev–Trinajstić information content (AvgIpc) is 1.76. The number of halogens is 2. The van der Waals surface area contributed by atoms with Crippen LogP contribution in [0.3, 0.4) is 0 Å². The minimum atomic E-state index is 0. The smallest absolute Gasteiger partial charge is 1.00 e. The van der Waals surface area contributed by atoms with Crippen LogP contribution in [0, 0.1) is 20.9 Å². The number of hydrogen-bond acceptors (Lipinski definition) is 0. The maximum Gasteiger partial charge on any atom is 2.00 e. The first-order valence-corrected chi connectivity index (χ1v) is 1.72. The summed E-state index contributed by atoms with van der Waals surface area (Å²) >= 11 is 0. The van der Waals surface area contributed by atoms with E-state index in [0.717, 1.165) is 6.42 Å². The Morgan fingerprint density at radius 1 is 1.09 bits per heavy atom. The Hall–Kier alpha value is 0.991. The monoisotopic (exact) mass is 245 g/mol. The summed E-state index contributed by atoms with van der Waals surface area (Å²) < 4.78 is 0. The van der Waals surface area contributed by atoms with Gasteiger partial charge in [0, 0.05) is 0 Å². The van der Waals surface area contributed by atoms with E-state index in [0.29, 0.717) is 0 Å². The molecule has 1 rings (SSSR count). The molecule has 0 saturated heterocycles. The van der Waals surface area contributed by atoms with Crippen molar-refractivity contribution in [3.05, 3.63) is 39.2 Å². The Kier molecular flexibility index (Phi) is 112. The second kappa shape index (κ2) is 30.6. The van der Waals surface area contributed by atoms with Crippen LogP contribution in [0.5, 0.6) is 0 Å². The van der Waals surface area contributed by atoms with Crippen molar-refractivity contribution in [2.45, 2.75) is 6.42 Å². The zero-order valence-electron chi connectivity index (χ0n) is 6.20. The van der Waals surface area contributed by atoms with E-state index < -0.39 is 0 Å². The first-order valence-electron chi connectivity index (χ1n) is 1.72. The summed E-state index contributed by atoms with van der Waals surface area (Å²) in [4.78, 5) is 0. The van der Waals surface area contributed by atoms with Crippen molar-refractivity contribution in [3.8, 4) is 0 Å². The minimum Gasteiger partial charge on any atom is -1.00 e. The average molecular weight is 246 g/mol. The first-order chi connectivity index (χ1) is 2.50. The number of hydrogen-bond donors (Lipinski definition) is 0. The van der Waals surface area contributed by atoms with Crippen molar-refractivity contribution < 1.29 is 46.5 Å². The fourth-order valence-corrected chi connectivity index (χ4v) is 0.340. The van der Waals surface area contributed by atoms with Gasteiger partial charge in [-0.05, 0) is 11.0 Å². The van der Waals surface area contributed by atoms with Crippen LogP contribution in [0.1, 0.15) is 6.42 Å². The van der Waals surface area contributed by atoms with Crippen LogP contribution in [-0.2, 0) is 21.7 Å². The SMILES string of the molecule is [C-]1=CC=CC1.[CH3-].[CH3-].[Cl-].[Cl-].[SiH4].[Ti+2]. The summed E-state index contributed by atoms with van der Waals surface area (Å²) in [6, 6.07) is 0. The standard InChI is InChI=1S/C5H5.2CH3.2ClH.H4Si.Ti/c1-2-4-5-3-1;;;;;;/h1-3H,4H2;2*1H3;2*1H;1H4;/q3*-1;;;;+2/p-2. The number of allylic oxidation sites excluding steroid dienone is 4. The van der Waals surface area contributed by atoms with Gasteiger partial charge in [0.15, 0.2) is 0 Å². The Morgan fingerprint density at radius 2 is 1.55 bits per heavy atom. The van der Waals surface area contributed by atoms with E-state index in [1.54, 1.807) is 0 Å². The molecular formula is C7H15Cl2SiTi-3. The van der Waals surface area contributed by atoms with Gasteiger partial charge in [-0.2, -0.15) is 6.08 Å². The van der Waals surface area contributed by atoms with Crippen LogP contribution in [0.15, 0.2) is 18.2 Å². The minimum absolute atomic E-state index is 0. The van der Waals surface area contributed by atoms with Crippen LogP contribution < -0.4 is 24.8 Å². The molecule has 0 N–H and O–H groups in total. The van der Waals surface area contributed by atoms with Gasteiger partial charge in [-0.3, -0.25) is 6.08 Å². The Balaban J connectivity index is -0.0000000104. The van der Waals surface area contributed by atoms with Gasteiger partial charge in [0.1, 0.15) is 0 Å². The van der Waals surface area contributed by atoms with Gasteiger partial charge >= 0.3 is 21.7 Å². The van der Waals surface area contributed by atoms with E-state index >= 15 is 0 Å². The van der Waals surface area contributed by atoms with Gasteiger partial charge in [-0.1, -0.05) is 0 Å². The molecule has 68 valence electrons. The van der Waals surface area contributed by atoms with Crippen molar-refractivity contribution in [2.75, 3.05) is 0 Å². The van der Waals surface area contributed by atoms with Crippen molar-refractivity contribution in [3.63, 3.8) is 0 Å². The van der Waals surface area contributed by atoms with E-state index in [-0.39, 0.29) is 72.4 Å². The topological polar surface area (TPSA) is 0 Å². The van der Waals surface area contributed by atoms with E-state index in [4.69, 9.17) is 0 Å². The Bertz CT molecular complexity index is 74.5. The maximum atomic E-state index is 2.99. The third kappa shape index (κ3) is 24.8. The van der Waals surface area contributed by atoms with Gasteiger partial charge < -0.3 is 39.7 Å². The predicted molar refractivity (Wildman–Crippen MR) is 45.7 cm³/mol. The predicted octanol–water partition coefficient (Wildman–Crippen LogP) is -5.24. The summed E-state index contributed by atoms with van der Waals surface area (Å²) in [7, 11) is 0. The molecule has 0 spiro atoms. The summed E-state index contributed by atoms with van der Waals surface area (Å²) in [6.45, 7) is 0. The second-order valence-corrected chi connectivity index (χ2v) is 1.00. The normalized spacial score (nSPS) is 8.00. The molecule has 0 bridgehead atoms. The van der Waals surface area contributed by atoms with Gasteiger partial charge in [0.2, 0.25) is 0 Å². The Morgan fingerprint density at radius 3 is 1.64 bits per heavy atom. The third-order valence-electron chi connectivity index (χ3n) is 0.586. The number of rotatable bonds is 0. The fourth-order valence-electron chi connectivity index (χ4n) is 0.340. The molecule has 1 aliphatic rings. The zero-order valence-corrected chi connectivity index (χ0v) is 9.27.